The van der Waals surface area contributed by atoms with Crippen LogP contribution < -0.4 is 14.8 Å². The van der Waals surface area contributed by atoms with E-state index in [1.54, 1.807) is 19.5 Å². The van der Waals surface area contributed by atoms with Crippen LogP contribution in [0.5, 0.6) is 11.8 Å². The zero-order valence-electron chi connectivity index (χ0n) is 14.1. The Morgan fingerprint density at radius 2 is 1.75 bits per heavy atom. The molecule has 1 N–H and O–H groups in total. The summed E-state index contributed by atoms with van der Waals surface area (Å²) in [4.78, 5) is 20.6. The van der Waals surface area contributed by atoms with Crippen molar-refractivity contribution in [3.63, 3.8) is 0 Å². The number of nitrogens with one attached hydrogen (secondary N) is 1. The first-order valence-electron chi connectivity index (χ1n) is 8.66. The molecule has 2 fully saturated rings. The van der Waals surface area contributed by atoms with Crippen molar-refractivity contribution in [1.29, 1.82) is 0 Å². The number of nitrogens with zero attached hydrogens (tertiary/aromatic N) is 2. The van der Waals surface area contributed by atoms with Crippen molar-refractivity contribution in [2.24, 2.45) is 5.92 Å². The van der Waals surface area contributed by atoms with Crippen LogP contribution in [0.2, 0.25) is 0 Å². The molecule has 2 heterocycles. The molecule has 0 bridgehead atoms. The maximum atomic E-state index is 12.3. The van der Waals surface area contributed by atoms with Crippen molar-refractivity contribution < 1.29 is 19.0 Å². The molecule has 1 aromatic rings. The highest BCUT2D eigenvalue weighted by atomic mass is 16.5. The molecule has 0 aromatic carbocycles. The summed E-state index contributed by atoms with van der Waals surface area (Å²) in [5, 5.41) is 3.19. The number of hydrogen-bond donors (Lipinski definition) is 1. The highest BCUT2D eigenvalue weighted by Crippen LogP contribution is 2.27. The molecule has 24 heavy (non-hydrogen) atoms. The number of carbonyl (C=O) groups excluding carboxylic acids is 1. The normalized spacial score (nSPS) is 25.0. The van der Waals surface area contributed by atoms with Crippen LogP contribution in [0.15, 0.2) is 12.4 Å². The molecule has 7 nitrogen and oxygen atoms in total. The highest BCUT2D eigenvalue weighted by molar-refractivity contribution is 5.79. The summed E-state index contributed by atoms with van der Waals surface area (Å²) < 4.78 is 16.4. The zero-order valence-corrected chi connectivity index (χ0v) is 14.1. The average molecular weight is 335 g/mol. The third kappa shape index (κ3) is 4.35. The lowest BCUT2D eigenvalue weighted by molar-refractivity contribution is -0.128. The largest absolute Gasteiger partial charge is 0.477 e. The van der Waals surface area contributed by atoms with E-state index in [0.29, 0.717) is 25.0 Å². The zero-order chi connectivity index (χ0) is 16.8. The minimum Gasteiger partial charge on any atom is -0.477 e. The standard InChI is InChI=1S/C17H25N3O4/c1-22-16-17(19-9-8-18-16)24-14-4-2-13(3-5-14)20-15(21)12-6-10-23-11-7-12/h8-9,12-14H,2-7,10-11H2,1H3,(H,20,21). The van der Waals surface area contributed by atoms with Gasteiger partial charge in [0, 0.05) is 37.6 Å². The van der Waals surface area contributed by atoms with Gasteiger partial charge in [-0.15, -0.1) is 0 Å². The minimum absolute atomic E-state index is 0.0897. The Kier molecular flexibility index (Phi) is 5.85. The molecule has 0 atom stereocenters. The van der Waals surface area contributed by atoms with Crippen LogP contribution >= 0.6 is 0 Å². The fraction of sp³-hybridized carbons (Fsp3) is 0.706. The van der Waals surface area contributed by atoms with E-state index in [1.165, 1.54) is 0 Å². The van der Waals surface area contributed by atoms with Crippen molar-refractivity contribution in [3.8, 4) is 11.8 Å². The average Bonchev–Trinajstić information content (AvgIpc) is 2.64. The minimum atomic E-state index is 0.0897. The molecule has 0 spiro atoms. The van der Waals surface area contributed by atoms with E-state index in [4.69, 9.17) is 14.2 Å². The van der Waals surface area contributed by atoms with Crippen LogP contribution in [0.3, 0.4) is 0 Å². The smallest absolute Gasteiger partial charge is 0.278 e. The maximum absolute atomic E-state index is 12.3. The number of ether oxygens (including phenoxy) is 3. The molecule has 1 saturated heterocycles. The Morgan fingerprint density at radius 1 is 1.08 bits per heavy atom. The lowest BCUT2D eigenvalue weighted by Crippen LogP contribution is -2.43. The third-order valence-corrected chi connectivity index (χ3v) is 4.72. The van der Waals surface area contributed by atoms with Gasteiger partial charge in [0.05, 0.1) is 7.11 Å². The van der Waals surface area contributed by atoms with Gasteiger partial charge in [0.25, 0.3) is 11.8 Å². The molecule has 1 aliphatic carbocycles. The van der Waals surface area contributed by atoms with Gasteiger partial charge in [-0.25, -0.2) is 9.97 Å². The summed E-state index contributed by atoms with van der Waals surface area (Å²) in [6.45, 7) is 1.39. The number of carbonyl (C=O) groups is 1. The molecular weight excluding hydrogens is 310 g/mol. The summed E-state index contributed by atoms with van der Waals surface area (Å²) in [6, 6.07) is 0.240. The topological polar surface area (TPSA) is 82.6 Å². The summed E-state index contributed by atoms with van der Waals surface area (Å²) >= 11 is 0. The van der Waals surface area contributed by atoms with Crippen LogP contribution in [0.1, 0.15) is 38.5 Å². The van der Waals surface area contributed by atoms with Gasteiger partial charge in [-0.05, 0) is 38.5 Å². The van der Waals surface area contributed by atoms with Gasteiger partial charge in [-0.2, -0.15) is 0 Å². The van der Waals surface area contributed by atoms with Crippen molar-refractivity contribution in [1.82, 2.24) is 15.3 Å². The van der Waals surface area contributed by atoms with Gasteiger partial charge in [-0.1, -0.05) is 0 Å². The predicted molar refractivity (Wildman–Crippen MR) is 86.9 cm³/mol. The molecule has 2 aliphatic rings. The monoisotopic (exact) mass is 335 g/mol. The van der Waals surface area contributed by atoms with Gasteiger partial charge >= 0.3 is 0 Å². The first-order valence-corrected chi connectivity index (χ1v) is 8.66. The lowest BCUT2D eigenvalue weighted by atomic mass is 9.91. The molecule has 7 heteroatoms. The van der Waals surface area contributed by atoms with Crippen LogP contribution in [0.4, 0.5) is 0 Å². The number of hydrogen-bond acceptors (Lipinski definition) is 6. The Morgan fingerprint density at radius 3 is 2.42 bits per heavy atom. The van der Waals surface area contributed by atoms with Gasteiger partial charge in [-0.3, -0.25) is 4.79 Å². The van der Waals surface area contributed by atoms with Crippen LogP contribution in [-0.2, 0) is 9.53 Å². The molecule has 132 valence electrons. The molecule has 1 aliphatic heterocycles. The van der Waals surface area contributed by atoms with Crippen molar-refractivity contribution in [2.75, 3.05) is 20.3 Å². The van der Waals surface area contributed by atoms with Crippen LogP contribution in [0, 0.1) is 5.92 Å². The number of aromatic nitrogens is 2. The Labute approximate surface area is 142 Å². The van der Waals surface area contributed by atoms with E-state index in [0.717, 1.165) is 38.5 Å². The first-order chi connectivity index (χ1) is 11.8. The van der Waals surface area contributed by atoms with Gasteiger partial charge in [0.2, 0.25) is 5.91 Å². The summed E-state index contributed by atoms with van der Waals surface area (Å²) in [7, 11) is 1.56. The van der Waals surface area contributed by atoms with Crippen molar-refractivity contribution in [3.05, 3.63) is 12.4 Å². The molecule has 3 rings (SSSR count). The molecular formula is C17H25N3O4. The van der Waals surface area contributed by atoms with Gasteiger partial charge in [0.15, 0.2) is 0 Å². The molecule has 1 amide bonds. The van der Waals surface area contributed by atoms with Crippen LogP contribution in [0.25, 0.3) is 0 Å². The van der Waals surface area contributed by atoms with Crippen molar-refractivity contribution in [2.45, 2.75) is 50.7 Å². The number of amides is 1. The second-order valence-electron chi connectivity index (χ2n) is 6.36. The van der Waals surface area contributed by atoms with E-state index < -0.39 is 0 Å². The van der Waals surface area contributed by atoms with Gasteiger partial charge in [0.1, 0.15) is 6.10 Å². The second-order valence-corrected chi connectivity index (χ2v) is 6.36. The van der Waals surface area contributed by atoms with E-state index in [2.05, 4.69) is 15.3 Å². The maximum Gasteiger partial charge on any atom is 0.278 e. The van der Waals surface area contributed by atoms with Crippen molar-refractivity contribution >= 4 is 5.91 Å². The van der Waals surface area contributed by atoms with E-state index in [1.807, 2.05) is 0 Å². The molecule has 1 aromatic heterocycles. The fourth-order valence-corrected chi connectivity index (χ4v) is 3.30. The third-order valence-electron chi connectivity index (χ3n) is 4.72. The molecule has 0 unspecified atom stereocenters. The molecule has 1 saturated carbocycles. The number of rotatable bonds is 5. The lowest BCUT2D eigenvalue weighted by Gasteiger charge is -2.31. The summed E-state index contributed by atoms with van der Waals surface area (Å²) in [6.07, 6.45) is 8.53. The number of methoxy groups -OCH3 is 1. The van der Waals surface area contributed by atoms with E-state index in [9.17, 15) is 4.79 Å². The summed E-state index contributed by atoms with van der Waals surface area (Å²) in [5.41, 5.74) is 0. The highest BCUT2D eigenvalue weighted by Gasteiger charge is 2.28. The van der Waals surface area contributed by atoms with Crippen LogP contribution in [-0.4, -0.2) is 48.3 Å². The Hall–Kier alpha value is -1.89. The molecule has 0 radical (unpaired) electrons. The SMILES string of the molecule is COc1nccnc1OC1CCC(NC(=O)C2CCOCC2)CC1. The predicted octanol–water partition coefficient (Wildman–Crippen LogP) is 1.72. The fourth-order valence-electron chi connectivity index (χ4n) is 3.30. The van der Waals surface area contributed by atoms with E-state index in [-0.39, 0.29) is 24.0 Å². The quantitative estimate of drug-likeness (QED) is 0.882. The second kappa shape index (κ2) is 8.28. The van der Waals surface area contributed by atoms with Gasteiger partial charge < -0.3 is 19.5 Å². The van der Waals surface area contributed by atoms with E-state index >= 15 is 0 Å². The Balaban J connectivity index is 1.44. The Bertz CT molecular complexity index is 540. The summed E-state index contributed by atoms with van der Waals surface area (Å²) in [5.74, 6) is 1.14. The first kappa shape index (κ1) is 17.0.